The number of aryl methyl sites for hydroxylation is 1. The van der Waals surface area contributed by atoms with E-state index in [0.29, 0.717) is 18.5 Å². The minimum atomic E-state index is -0.00241. The van der Waals surface area contributed by atoms with Crippen LogP contribution in [-0.4, -0.2) is 61.4 Å². The van der Waals surface area contributed by atoms with Crippen molar-refractivity contribution in [2.45, 2.75) is 102 Å². The number of rotatable bonds is 9. The summed E-state index contributed by atoms with van der Waals surface area (Å²) in [7, 11) is 1.73. The van der Waals surface area contributed by atoms with Crippen molar-refractivity contribution in [3.05, 3.63) is 34.9 Å². The number of amides is 1. The molecule has 3 unspecified atom stereocenters. The van der Waals surface area contributed by atoms with Crippen molar-refractivity contribution in [1.29, 1.82) is 0 Å². The molecule has 6 rings (SSSR count). The van der Waals surface area contributed by atoms with Crippen LogP contribution in [0.3, 0.4) is 0 Å². The van der Waals surface area contributed by atoms with E-state index in [1.165, 1.54) is 74.5 Å². The lowest BCUT2D eigenvalue weighted by Gasteiger charge is -2.36. The number of hydroxylamine groups is 1. The third kappa shape index (κ3) is 5.96. The quantitative estimate of drug-likeness (QED) is 0.422. The largest absolute Gasteiger partial charge is 0.385 e. The topological polar surface area (TPSA) is 78.1 Å². The van der Waals surface area contributed by atoms with Crippen LogP contribution in [0.5, 0.6) is 0 Å². The summed E-state index contributed by atoms with van der Waals surface area (Å²) in [4.78, 5) is 22.1. The molecule has 8 heteroatoms. The fourth-order valence-electron chi connectivity index (χ4n) is 7.14. The van der Waals surface area contributed by atoms with E-state index >= 15 is 0 Å². The van der Waals surface area contributed by atoms with Crippen LogP contribution >= 0.6 is 0 Å². The Kier molecular flexibility index (Phi) is 8.64. The van der Waals surface area contributed by atoms with Crippen LogP contribution < -0.4 is 16.2 Å². The van der Waals surface area contributed by atoms with E-state index in [0.717, 1.165) is 39.0 Å². The monoisotopic (exact) mass is 525 g/mol. The molecule has 1 aromatic carbocycles. The van der Waals surface area contributed by atoms with Crippen molar-refractivity contribution in [3.8, 4) is 0 Å². The van der Waals surface area contributed by atoms with Gasteiger partial charge in [-0.3, -0.25) is 20.0 Å². The number of methoxy groups -OCH3 is 1. The first kappa shape index (κ1) is 26.7. The smallest absolute Gasteiger partial charge is 0.226 e. The summed E-state index contributed by atoms with van der Waals surface area (Å²) in [5.74, 6) is 0.840. The molecule has 0 spiro atoms. The standard InChI is InChI=1S/C30H47N5O3/c1-37-17-7-16-34-20-24(19-31-34)29(36)32-27-15-13-22-18-23(12-14-26(22)27)28-33-38-30(21-10-11-21)35(28)25-8-5-3-2-4-6-9-25/h12,14,18,21,24-25,27-28,30-31,33H,2-11,13,15-17,19-20H2,1H3,(H,32,36)/t24?,27-,28?,30?/m1/s1. The van der Waals surface area contributed by atoms with Gasteiger partial charge in [-0.2, -0.15) is 5.48 Å². The van der Waals surface area contributed by atoms with Crippen molar-refractivity contribution in [1.82, 2.24) is 26.1 Å². The van der Waals surface area contributed by atoms with E-state index in [1.807, 2.05) is 0 Å². The molecule has 3 aliphatic carbocycles. The number of hydrogen-bond acceptors (Lipinski definition) is 7. The predicted molar refractivity (Wildman–Crippen MR) is 147 cm³/mol. The lowest BCUT2D eigenvalue weighted by Crippen LogP contribution is -2.43. The summed E-state index contributed by atoms with van der Waals surface area (Å²) < 4.78 is 5.16. The number of ether oxygens (including phenoxy) is 1. The van der Waals surface area contributed by atoms with E-state index < -0.39 is 0 Å². The number of benzene rings is 1. The molecule has 0 radical (unpaired) electrons. The molecule has 2 saturated heterocycles. The number of nitrogens with one attached hydrogen (secondary N) is 3. The first-order valence-electron chi connectivity index (χ1n) is 15.3. The Bertz CT molecular complexity index is 948. The second kappa shape index (κ2) is 12.3. The average Bonchev–Trinajstić information content (AvgIpc) is 3.30. The van der Waals surface area contributed by atoms with Gasteiger partial charge in [-0.15, -0.1) is 0 Å². The highest BCUT2D eigenvalue weighted by Gasteiger charge is 2.47. The Hall–Kier alpha value is -1.55. The van der Waals surface area contributed by atoms with Gasteiger partial charge in [0.2, 0.25) is 5.91 Å². The molecule has 2 aliphatic heterocycles. The molecule has 4 atom stereocenters. The molecule has 0 bridgehead atoms. The zero-order chi connectivity index (χ0) is 25.9. The number of nitrogens with zero attached hydrogens (tertiary/aromatic N) is 2. The molecule has 3 N–H and O–H groups in total. The van der Waals surface area contributed by atoms with Crippen molar-refractivity contribution >= 4 is 5.91 Å². The predicted octanol–water partition coefficient (Wildman–Crippen LogP) is 3.95. The van der Waals surface area contributed by atoms with Crippen LogP contribution in [0.15, 0.2) is 18.2 Å². The number of fused-ring (bicyclic) bond motifs is 1. The Morgan fingerprint density at radius 3 is 2.71 bits per heavy atom. The summed E-state index contributed by atoms with van der Waals surface area (Å²) in [6, 6.07) is 7.65. The Balaban J connectivity index is 1.10. The fourth-order valence-corrected chi connectivity index (χ4v) is 7.14. The van der Waals surface area contributed by atoms with Gasteiger partial charge >= 0.3 is 0 Å². The molecule has 8 nitrogen and oxygen atoms in total. The summed E-state index contributed by atoms with van der Waals surface area (Å²) >= 11 is 0. The van der Waals surface area contributed by atoms with Crippen LogP contribution in [0, 0.1) is 11.8 Å². The van der Waals surface area contributed by atoms with Crippen LogP contribution in [0.25, 0.3) is 0 Å². The highest BCUT2D eigenvalue weighted by molar-refractivity contribution is 5.80. The summed E-state index contributed by atoms with van der Waals surface area (Å²) in [6.07, 6.45) is 15.2. The van der Waals surface area contributed by atoms with Crippen molar-refractivity contribution in [2.24, 2.45) is 11.8 Å². The normalized spacial score (nSPS) is 31.3. The van der Waals surface area contributed by atoms with Gasteiger partial charge in [0.1, 0.15) is 12.4 Å². The van der Waals surface area contributed by atoms with E-state index in [4.69, 9.17) is 9.57 Å². The maximum atomic E-state index is 13.1. The van der Waals surface area contributed by atoms with Gasteiger partial charge in [0.25, 0.3) is 0 Å². The minimum absolute atomic E-state index is 0.00241. The van der Waals surface area contributed by atoms with Gasteiger partial charge in [-0.25, -0.2) is 5.01 Å². The molecule has 0 aromatic heterocycles. The van der Waals surface area contributed by atoms with E-state index in [2.05, 4.69) is 44.3 Å². The molecule has 1 aromatic rings. The summed E-state index contributed by atoms with van der Waals surface area (Å²) in [5, 5.41) is 5.53. The minimum Gasteiger partial charge on any atom is -0.385 e. The maximum Gasteiger partial charge on any atom is 0.226 e. The van der Waals surface area contributed by atoms with Gasteiger partial charge in [-0.05, 0) is 61.6 Å². The molecule has 38 heavy (non-hydrogen) atoms. The number of hydrazine groups is 1. The summed E-state index contributed by atoms with van der Waals surface area (Å²) in [5.41, 5.74) is 10.8. The molecule has 1 amide bonds. The maximum absolute atomic E-state index is 13.1. The SMILES string of the molecule is COCCCN1CC(C(=O)N[C@@H]2CCc3cc(C4NOC(C5CC5)N4C4CCCCCCC4)ccc32)CN1. The molecule has 2 saturated carbocycles. The number of carbonyl (C=O) groups is 1. The third-order valence-electron chi connectivity index (χ3n) is 9.44. The molecular weight excluding hydrogens is 478 g/mol. The van der Waals surface area contributed by atoms with Gasteiger partial charge in [0.05, 0.1) is 12.0 Å². The highest BCUT2D eigenvalue weighted by Crippen LogP contribution is 2.44. The van der Waals surface area contributed by atoms with E-state index in [-0.39, 0.29) is 30.3 Å². The Morgan fingerprint density at radius 2 is 1.92 bits per heavy atom. The third-order valence-corrected chi connectivity index (χ3v) is 9.44. The van der Waals surface area contributed by atoms with Crippen molar-refractivity contribution < 1.29 is 14.4 Å². The first-order chi connectivity index (χ1) is 18.7. The lowest BCUT2D eigenvalue weighted by atomic mass is 9.93. The van der Waals surface area contributed by atoms with E-state index in [1.54, 1.807) is 7.11 Å². The second-order valence-corrected chi connectivity index (χ2v) is 12.2. The Labute approximate surface area is 228 Å². The number of hydrogen-bond donors (Lipinski definition) is 3. The van der Waals surface area contributed by atoms with Crippen molar-refractivity contribution in [3.63, 3.8) is 0 Å². The first-order valence-corrected chi connectivity index (χ1v) is 15.3. The average molecular weight is 526 g/mol. The van der Waals surface area contributed by atoms with Gasteiger partial charge in [0.15, 0.2) is 0 Å². The molecule has 5 aliphatic rings. The molecule has 4 fully saturated rings. The van der Waals surface area contributed by atoms with Gasteiger partial charge in [0, 0.05) is 45.3 Å². The fraction of sp³-hybridized carbons (Fsp3) is 0.767. The van der Waals surface area contributed by atoms with E-state index in [9.17, 15) is 4.79 Å². The lowest BCUT2D eigenvalue weighted by molar-refractivity contribution is -0.125. The zero-order valence-corrected chi connectivity index (χ0v) is 23.1. The van der Waals surface area contributed by atoms with Crippen LogP contribution in [0.1, 0.15) is 99.5 Å². The van der Waals surface area contributed by atoms with Crippen LogP contribution in [0.2, 0.25) is 0 Å². The molecular formula is C30H47N5O3. The summed E-state index contributed by atoms with van der Waals surface area (Å²) in [6.45, 7) is 3.13. The van der Waals surface area contributed by atoms with Crippen LogP contribution in [0.4, 0.5) is 0 Å². The number of carbonyl (C=O) groups excluding carboxylic acids is 1. The van der Waals surface area contributed by atoms with Crippen molar-refractivity contribution in [2.75, 3.05) is 33.4 Å². The zero-order valence-electron chi connectivity index (χ0n) is 23.1. The Morgan fingerprint density at radius 1 is 1.11 bits per heavy atom. The van der Waals surface area contributed by atoms with Crippen LogP contribution in [-0.2, 0) is 20.8 Å². The van der Waals surface area contributed by atoms with Gasteiger partial charge in [-0.1, -0.05) is 50.3 Å². The highest BCUT2D eigenvalue weighted by atomic mass is 16.7. The molecule has 2 heterocycles. The second-order valence-electron chi connectivity index (χ2n) is 12.2. The molecule has 210 valence electrons. The van der Waals surface area contributed by atoms with Gasteiger partial charge < -0.3 is 10.1 Å².